The molecule has 11 rings (SSSR count). The predicted octanol–water partition coefficient (Wildman–Crippen LogP) is 16.4. The minimum atomic E-state index is 0.654. The number of hydrogen-bond acceptors (Lipinski definition) is 2. The highest BCUT2D eigenvalue weighted by molar-refractivity contribution is 6.15. The van der Waals surface area contributed by atoms with Gasteiger partial charge in [0, 0.05) is 33.9 Å². The molecule has 2 heteroatoms. The predicted molar refractivity (Wildman–Crippen MR) is 246 cm³/mol. The second kappa shape index (κ2) is 14.6. The van der Waals surface area contributed by atoms with E-state index >= 15 is 0 Å². The Bertz CT molecular complexity index is 3080. The zero-order valence-electron chi connectivity index (χ0n) is 32.4. The minimum absolute atomic E-state index is 0.654. The molecule has 9 aromatic carbocycles. The first kappa shape index (κ1) is 34.4. The summed E-state index contributed by atoms with van der Waals surface area (Å²) >= 11 is 0. The van der Waals surface area contributed by atoms with Crippen LogP contribution < -0.4 is 4.90 Å². The van der Waals surface area contributed by atoms with Crippen molar-refractivity contribution >= 4 is 60.5 Å². The van der Waals surface area contributed by atoms with Crippen LogP contribution in [-0.2, 0) is 0 Å². The van der Waals surface area contributed by atoms with Crippen LogP contribution in [0.3, 0.4) is 0 Å². The molecule has 2 nitrogen and oxygen atoms in total. The molecule has 10 aromatic rings. The molecule has 0 bridgehead atoms. The smallest absolute Gasteiger partial charge is 0.137 e. The average molecular weight is 746 g/mol. The standard InChI is InChI=1S/C56H43NO/c1-3-14-38(15-4-1)39-26-30-43(31-27-39)57(45-34-35-51-50-22-11-12-25-54(50)58-55(51)37-45)44-32-28-41(29-33-44)56-47(40-16-5-2-6-17-40)23-13-24-52(56)53-36-42-18-7-8-19-46(42)48-20-9-10-21-49(48)53/h2,5-13,16-38H,1,3-4,14-15H2. The molecule has 0 N–H and O–H groups in total. The lowest BCUT2D eigenvalue weighted by atomic mass is 9.84. The van der Waals surface area contributed by atoms with Crippen LogP contribution in [-0.4, -0.2) is 0 Å². The number of rotatable bonds is 7. The fourth-order valence-electron chi connectivity index (χ4n) is 9.63. The van der Waals surface area contributed by atoms with E-state index in [4.69, 9.17) is 4.42 Å². The Morgan fingerprint density at radius 2 is 1.00 bits per heavy atom. The van der Waals surface area contributed by atoms with Crippen molar-refractivity contribution in [1.29, 1.82) is 0 Å². The van der Waals surface area contributed by atoms with Gasteiger partial charge in [-0.15, -0.1) is 0 Å². The van der Waals surface area contributed by atoms with E-state index in [0.29, 0.717) is 5.92 Å². The van der Waals surface area contributed by atoms with Crippen molar-refractivity contribution in [2.24, 2.45) is 0 Å². The lowest BCUT2D eigenvalue weighted by Crippen LogP contribution is -2.10. The van der Waals surface area contributed by atoms with Gasteiger partial charge < -0.3 is 9.32 Å². The lowest BCUT2D eigenvalue weighted by molar-refractivity contribution is 0.443. The maximum absolute atomic E-state index is 6.43. The van der Waals surface area contributed by atoms with E-state index in [-0.39, 0.29) is 0 Å². The van der Waals surface area contributed by atoms with Crippen molar-refractivity contribution in [3.8, 4) is 33.4 Å². The summed E-state index contributed by atoms with van der Waals surface area (Å²) in [5, 5.41) is 7.33. The summed E-state index contributed by atoms with van der Waals surface area (Å²) in [6.45, 7) is 0. The van der Waals surface area contributed by atoms with Gasteiger partial charge in [0.15, 0.2) is 0 Å². The second-order valence-electron chi connectivity index (χ2n) is 15.9. The average Bonchev–Trinajstić information content (AvgIpc) is 3.68. The fourth-order valence-corrected chi connectivity index (χ4v) is 9.63. The fraction of sp³-hybridized carbons (Fsp3) is 0.107. The molecule has 1 fully saturated rings. The normalized spacial score (nSPS) is 13.4. The molecule has 1 aliphatic carbocycles. The van der Waals surface area contributed by atoms with Crippen LogP contribution in [0.1, 0.15) is 43.6 Å². The van der Waals surface area contributed by atoms with Gasteiger partial charge in [-0.3, -0.25) is 0 Å². The van der Waals surface area contributed by atoms with E-state index in [1.807, 2.05) is 6.07 Å². The van der Waals surface area contributed by atoms with Gasteiger partial charge >= 0.3 is 0 Å². The van der Waals surface area contributed by atoms with E-state index in [1.165, 1.54) is 92.6 Å². The molecule has 1 aliphatic rings. The molecule has 0 radical (unpaired) electrons. The number of furan rings is 1. The van der Waals surface area contributed by atoms with Crippen LogP contribution in [0.2, 0.25) is 0 Å². The molecule has 1 heterocycles. The van der Waals surface area contributed by atoms with E-state index in [2.05, 4.69) is 193 Å². The van der Waals surface area contributed by atoms with Gasteiger partial charge in [0.05, 0.1) is 0 Å². The Morgan fingerprint density at radius 3 is 1.79 bits per heavy atom. The van der Waals surface area contributed by atoms with Gasteiger partial charge in [-0.2, -0.15) is 0 Å². The molecular weight excluding hydrogens is 703 g/mol. The van der Waals surface area contributed by atoms with Crippen molar-refractivity contribution in [2.75, 3.05) is 4.90 Å². The van der Waals surface area contributed by atoms with Crippen LogP contribution in [0.4, 0.5) is 17.1 Å². The number of nitrogens with zero attached hydrogens (tertiary/aromatic N) is 1. The zero-order chi connectivity index (χ0) is 38.4. The van der Waals surface area contributed by atoms with Gasteiger partial charge in [-0.25, -0.2) is 0 Å². The van der Waals surface area contributed by atoms with Gasteiger partial charge in [-0.05, 0) is 128 Å². The van der Waals surface area contributed by atoms with E-state index in [9.17, 15) is 0 Å². The first-order valence-electron chi connectivity index (χ1n) is 20.8. The van der Waals surface area contributed by atoms with Crippen LogP contribution in [0, 0.1) is 0 Å². The highest BCUT2D eigenvalue weighted by Gasteiger charge is 2.21. The van der Waals surface area contributed by atoms with Crippen LogP contribution in [0.25, 0.3) is 76.9 Å². The van der Waals surface area contributed by atoms with E-state index < -0.39 is 0 Å². The molecule has 1 saturated carbocycles. The van der Waals surface area contributed by atoms with Crippen molar-refractivity contribution in [2.45, 2.75) is 38.0 Å². The number of anilines is 3. The summed E-state index contributed by atoms with van der Waals surface area (Å²) in [5.41, 5.74) is 13.8. The second-order valence-corrected chi connectivity index (χ2v) is 15.9. The topological polar surface area (TPSA) is 16.4 Å². The summed E-state index contributed by atoms with van der Waals surface area (Å²) < 4.78 is 6.43. The molecule has 0 saturated heterocycles. The molecular formula is C56H43NO. The Kier molecular flexibility index (Phi) is 8.62. The third-order valence-electron chi connectivity index (χ3n) is 12.5. The SMILES string of the molecule is c1ccc(-c2cccc(-c3cc4ccccc4c4ccccc34)c2-c2ccc(N(c3ccc(C4CCCCC4)cc3)c3ccc4c(c3)oc3ccccc34)cc2)cc1. The first-order chi connectivity index (χ1) is 28.8. The molecule has 0 amide bonds. The first-order valence-corrected chi connectivity index (χ1v) is 20.8. The van der Waals surface area contributed by atoms with Crippen LogP contribution in [0.15, 0.2) is 199 Å². The van der Waals surface area contributed by atoms with Gasteiger partial charge in [-0.1, -0.05) is 159 Å². The maximum Gasteiger partial charge on any atom is 0.137 e. The number of benzene rings is 9. The van der Waals surface area contributed by atoms with E-state index in [1.54, 1.807) is 0 Å². The third kappa shape index (κ3) is 6.04. The quantitative estimate of drug-likeness (QED) is 0.151. The van der Waals surface area contributed by atoms with Crippen molar-refractivity contribution in [3.63, 3.8) is 0 Å². The Morgan fingerprint density at radius 1 is 0.379 bits per heavy atom. The minimum Gasteiger partial charge on any atom is -0.456 e. The highest BCUT2D eigenvalue weighted by atomic mass is 16.3. The lowest BCUT2D eigenvalue weighted by Gasteiger charge is -2.27. The largest absolute Gasteiger partial charge is 0.456 e. The molecule has 58 heavy (non-hydrogen) atoms. The molecule has 0 unspecified atom stereocenters. The summed E-state index contributed by atoms with van der Waals surface area (Å²) in [6, 6.07) is 71.1. The third-order valence-corrected chi connectivity index (χ3v) is 12.5. The molecule has 278 valence electrons. The number of para-hydroxylation sites is 1. The number of fused-ring (bicyclic) bond motifs is 6. The van der Waals surface area contributed by atoms with Crippen molar-refractivity contribution < 1.29 is 4.42 Å². The number of hydrogen-bond donors (Lipinski definition) is 0. The molecule has 1 aromatic heterocycles. The van der Waals surface area contributed by atoms with Crippen molar-refractivity contribution in [1.82, 2.24) is 0 Å². The summed E-state index contributed by atoms with van der Waals surface area (Å²) in [4.78, 5) is 2.38. The Labute approximate surface area is 339 Å². The maximum atomic E-state index is 6.43. The Balaban J connectivity index is 1.07. The summed E-state index contributed by atoms with van der Waals surface area (Å²) in [6.07, 6.45) is 6.59. The van der Waals surface area contributed by atoms with Crippen LogP contribution in [0.5, 0.6) is 0 Å². The monoisotopic (exact) mass is 745 g/mol. The zero-order valence-corrected chi connectivity index (χ0v) is 32.4. The highest BCUT2D eigenvalue weighted by Crippen LogP contribution is 2.46. The van der Waals surface area contributed by atoms with Gasteiger partial charge in [0.1, 0.15) is 11.2 Å². The molecule has 0 spiro atoms. The summed E-state index contributed by atoms with van der Waals surface area (Å²) in [5.74, 6) is 0.654. The van der Waals surface area contributed by atoms with Crippen molar-refractivity contribution in [3.05, 3.63) is 200 Å². The summed E-state index contributed by atoms with van der Waals surface area (Å²) in [7, 11) is 0. The van der Waals surface area contributed by atoms with Gasteiger partial charge in [0.2, 0.25) is 0 Å². The molecule has 0 aliphatic heterocycles. The Hall–Kier alpha value is -6.90. The molecule has 0 atom stereocenters. The van der Waals surface area contributed by atoms with Crippen LogP contribution >= 0.6 is 0 Å². The van der Waals surface area contributed by atoms with E-state index in [0.717, 1.165) is 39.0 Å². The van der Waals surface area contributed by atoms with Gasteiger partial charge in [0.25, 0.3) is 0 Å².